The number of amides is 1. The maximum absolute atomic E-state index is 12.1. The molecule has 0 bridgehead atoms. The van der Waals surface area contributed by atoms with Crippen molar-refractivity contribution >= 4 is 5.91 Å². The van der Waals surface area contributed by atoms with Gasteiger partial charge in [-0.15, -0.1) is 0 Å². The second kappa shape index (κ2) is 4.69. The van der Waals surface area contributed by atoms with Crippen LogP contribution in [-0.2, 0) is 6.42 Å². The fraction of sp³-hybridized carbons (Fsp3) is 0.429. The molecule has 0 radical (unpaired) electrons. The lowest BCUT2D eigenvalue weighted by molar-refractivity contribution is 0.0923. The molecule has 0 saturated carbocycles. The predicted molar refractivity (Wildman–Crippen MR) is 67.4 cm³/mol. The summed E-state index contributed by atoms with van der Waals surface area (Å²) in [5.41, 5.74) is 0.819. The van der Waals surface area contributed by atoms with Crippen LogP contribution in [0.3, 0.4) is 0 Å². The molecular weight excluding hydrogens is 228 g/mol. The van der Waals surface area contributed by atoms with Crippen molar-refractivity contribution in [1.29, 1.82) is 5.26 Å². The van der Waals surface area contributed by atoms with Gasteiger partial charge in [0, 0.05) is 12.0 Å². The van der Waals surface area contributed by atoms with Gasteiger partial charge in [0.05, 0.1) is 12.7 Å². The monoisotopic (exact) mass is 244 g/mol. The second-order valence-electron chi connectivity index (χ2n) is 4.67. The molecule has 1 N–H and O–H groups in total. The Labute approximate surface area is 107 Å². The number of nitrogens with zero attached hydrogens (tertiary/aromatic N) is 1. The zero-order valence-corrected chi connectivity index (χ0v) is 10.6. The highest BCUT2D eigenvalue weighted by Gasteiger charge is 2.25. The fourth-order valence-corrected chi connectivity index (χ4v) is 1.85. The minimum atomic E-state index is -0.813. The zero-order valence-electron chi connectivity index (χ0n) is 10.6. The molecule has 2 rings (SSSR count). The Balaban J connectivity index is 2.18. The Kier molecular flexibility index (Phi) is 3.24. The van der Waals surface area contributed by atoms with Crippen LogP contribution < -0.4 is 10.1 Å². The summed E-state index contributed by atoms with van der Waals surface area (Å²) >= 11 is 0. The number of nitriles is 1. The Morgan fingerprint density at radius 1 is 1.61 bits per heavy atom. The molecule has 1 aromatic rings. The molecule has 0 aliphatic carbocycles. The molecular formula is C14H16N2O2. The zero-order chi connectivity index (χ0) is 13.2. The average Bonchev–Trinajstić information content (AvgIpc) is 2.85. The molecule has 0 saturated heterocycles. The lowest BCUT2D eigenvalue weighted by Gasteiger charge is -2.21. The van der Waals surface area contributed by atoms with Crippen molar-refractivity contribution in [2.45, 2.75) is 32.2 Å². The number of carbonyl (C=O) groups is 1. The van der Waals surface area contributed by atoms with E-state index in [0.717, 1.165) is 17.7 Å². The van der Waals surface area contributed by atoms with Crippen LogP contribution in [0.4, 0.5) is 0 Å². The first-order valence-electron chi connectivity index (χ1n) is 6.07. The maximum atomic E-state index is 12.1. The van der Waals surface area contributed by atoms with Crippen LogP contribution in [-0.4, -0.2) is 18.1 Å². The number of carbonyl (C=O) groups excluding carboxylic acids is 1. The Morgan fingerprint density at radius 2 is 2.39 bits per heavy atom. The Morgan fingerprint density at radius 3 is 3.06 bits per heavy atom. The standard InChI is InChI=1S/C14H16N2O2/c1-3-14(2,9-15)16-13(17)11-4-5-12-10(8-11)6-7-18-12/h4-5,8H,3,6-7H2,1-2H3,(H,16,17). The number of hydrogen-bond acceptors (Lipinski definition) is 3. The molecule has 18 heavy (non-hydrogen) atoms. The summed E-state index contributed by atoms with van der Waals surface area (Å²) in [5, 5.41) is 11.8. The molecule has 1 heterocycles. The molecule has 1 atom stereocenters. The molecule has 0 fully saturated rings. The minimum Gasteiger partial charge on any atom is -0.493 e. The lowest BCUT2D eigenvalue weighted by atomic mass is 10.00. The van der Waals surface area contributed by atoms with Gasteiger partial charge in [-0.25, -0.2) is 0 Å². The summed E-state index contributed by atoms with van der Waals surface area (Å²) in [4.78, 5) is 12.1. The van der Waals surface area contributed by atoms with Crippen molar-refractivity contribution in [3.05, 3.63) is 29.3 Å². The van der Waals surface area contributed by atoms with Crippen molar-refractivity contribution < 1.29 is 9.53 Å². The third kappa shape index (κ3) is 2.30. The topological polar surface area (TPSA) is 62.1 Å². The first kappa shape index (κ1) is 12.4. The lowest BCUT2D eigenvalue weighted by Crippen LogP contribution is -2.44. The van der Waals surface area contributed by atoms with Gasteiger partial charge in [-0.2, -0.15) is 5.26 Å². The quantitative estimate of drug-likeness (QED) is 0.885. The normalized spacial score (nSPS) is 16.1. The number of nitrogens with one attached hydrogen (secondary N) is 1. The van der Waals surface area contributed by atoms with Gasteiger partial charge < -0.3 is 10.1 Å². The summed E-state index contributed by atoms with van der Waals surface area (Å²) in [7, 11) is 0. The van der Waals surface area contributed by atoms with Gasteiger partial charge in [-0.3, -0.25) is 4.79 Å². The molecule has 1 aliphatic heterocycles. The van der Waals surface area contributed by atoms with E-state index in [1.54, 1.807) is 13.0 Å². The van der Waals surface area contributed by atoms with Crippen molar-refractivity contribution in [2.24, 2.45) is 0 Å². The van der Waals surface area contributed by atoms with Gasteiger partial charge in [-0.05, 0) is 37.1 Å². The average molecular weight is 244 g/mol. The van der Waals surface area contributed by atoms with Crippen LogP contribution >= 0.6 is 0 Å². The van der Waals surface area contributed by atoms with E-state index in [1.165, 1.54) is 0 Å². The third-order valence-corrected chi connectivity index (χ3v) is 3.29. The highest BCUT2D eigenvalue weighted by atomic mass is 16.5. The second-order valence-corrected chi connectivity index (χ2v) is 4.67. The number of fused-ring (bicyclic) bond motifs is 1. The molecule has 0 spiro atoms. The van der Waals surface area contributed by atoms with Crippen molar-refractivity contribution in [3.63, 3.8) is 0 Å². The molecule has 1 unspecified atom stereocenters. The van der Waals surface area contributed by atoms with Crippen molar-refractivity contribution in [3.8, 4) is 11.8 Å². The number of hydrogen-bond donors (Lipinski definition) is 1. The van der Waals surface area contributed by atoms with E-state index in [4.69, 9.17) is 10.00 Å². The Hall–Kier alpha value is -2.02. The summed E-state index contributed by atoms with van der Waals surface area (Å²) in [6.07, 6.45) is 1.41. The van der Waals surface area contributed by atoms with E-state index in [9.17, 15) is 4.79 Å². The fourth-order valence-electron chi connectivity index (χ4n) is 1.85. The van der Waals surface area contributed by atoms with E-state index in [-0.39, 0.29) is 5.91 Å². The van der Waals surface area contributed by atoms with Gasteiger partial charge >= 0.3 is 0 Å². The van der Waals surface area contributed by atoms with Crippen LogP contribution in [0.5, 0.6) is 5.75 Å². The summed E-state index contributed by atoms with van der Waals surface area (Å²) < 4.78 is 5.39. The number of benzene rings is 1. The smallest absolute Gasteiger partial charge is 0.252 e. The van der Waals surface area contributed by atoms with Gasteiger partial charge in [0.1, 0.15) is 11.3 Å². The van der Waals surface area contributed by atoms with E-state index in [1.807, 2.05) is 19.1 Å². The molecule has 1 amide bonds. The van der Waals surface area contributed by atoms with Gasteiger partial charge in [0.25, 0.3) is 5.91 Å². The maximum Gasteiger partial charge on any atom is 0.252 e. The number of rotatable bonds is 3. The van der Waals surface area contributed by atoms with Crippen molar-refractivity contribution in [2.75, 3.05) is 6.61 Å². The number of ether oxygens (including phenoxy) is 1. The molecule has 1 aromatic carbocycles. The molecule has 1 aliphatic rings. The largest absolute Gasteiger partial charge is 0.493 e. The van der Waals surface area contributed by atoms with Crippen LogP contribution in [0, 0.1) is 11.3 Å². The SMILES string of the molecule is CCC(C)(C#N)NC(=O)c1ccc2c(c1)CCO2. The summed E-state index contributed by atoms with van der Waals surface area (Å²) in [6.45, 7) is 4.27. The third-order valence-electron chi connectivity index (χ3n) is 3.29. The summed E-state index contributed by atoms with van der Waals surface area (Å²) in [6, 6.07) is 7.50. The highest BCUT2D eigenvalue weighted by Crippen LogP contribution is 2.26. The van der Waals surface area contributed by atoms with Gasteiger partial charge in [0.2, 0.25) is 0 Å². The minimum absolute atomic E-state index is 0.212. The first-order chi connectivity index (χ1) is 8.58. The van der Waals surface area contributed by atoms with E-state index in [0.29, 0.717) is 18.6 Å². The first-order valence-corrected chi connectivity index (χ1v) is 6.07. The predicted octanol–water partition coefficient (Wildman–Crippen LogP) is 2.04. The van der Waals surface area contributed by atoms with Gasteiger partial charge in [0.15, 0.2) is 0 Å². The Bertz CT molecular complexity index is 519. The van der Waals surface area contributed by atoms with Crippen LogP contribution in [0.1, 0.15) is 36.2 Å². The summed E-state index contributed by atoms with van der Waals surface area (Å²) in [5.74, 6) is 0.640. The van der Waals surface area contributed by atoms with E-state index in [2.05, 4.69) is 11.4 Å². The van der Waals surface area contributed by atoms with E-state index < -0.39 is 5.54 Å². The molecule has 0 aromatic heterocycles. The van der Waals surface area contributed by atoms with Crippen LogP contribution in [0.25, 0.3) is 0 Å². The molecule has 94 valence electrons. The molecule has 4 nitrogen and oxygen atoms in total. The van der Waals surface area contributed by atoms with Crippen LogP contribution in [0.15, 0.2) is 18.2 Å². The molecule has 4 heteroatoms. The van der Waals surface area contributed by atoms with E-state index >= 15 is 0 Å². The highest BCUT2D eigenvalue weighted by molar-refractivity contribution is 5.95. The van der Waals surface area contributed by atoms with Crippen molar-refractivity contribution in [1.82, 2.24) is 5.32 Å². The van der Waals surface area contributed by atoms with Gasteiger partial charge in [-0.1, -0.05) is 6.92 Å². The van der Waals surface area contributed by atoms with Crippen LogP contribution in [0.2, 0.25) is 0 Å².